The van der Waals surface area contributed by atoms with Gasteiger partial charge in [0.2, 0.25) is 5.95 Å². The van der Waals surface area contributed by atoms with Crippen LogP contribution in [0.2, 0.25) is 0 Å². The number of carbonyl (C=O) groups excluding carboxylic acids is 1. The Labute approximate surface area is 228 Å². The molecule has 0 radical (unpaired) electrons. The number of fused-ring (bicyclic) bond motifs is 4. The molecule has 2 aliphatic heterocycles. The first kappa shape index (κ1) is 24.1. The number of carbonyl (C=O) groups is 1. The Balaban J connectivity index is 1.39. The summed E-state index contributed by atoms with van der Waals surface area (Å²) in [5.41, 5.74) is 8.43. The molecule has 0 fully saturated rings. The first-order chi connectivity index (χ1) is 18.7. The smallest absolute Gasteiger partial charge is 0.209 e. The first-order valence-electron chi connectivity index (χ1n) is 13.8. The summed E-state index contributed by atoms with van der Waals surface area (Å²) in [5, 5.41) is 3.55. The molecule has 1 aromatic heterocycles. The van der Waals surface area contributed by atoms with Gasteiger partial charge >= 0.3 is 0 Å². The summed E-state index contributed by atoms with van der Waals surface area (Å²) in [7, 11) is 2.18. The molecule has 0 saturated carbocycles. The molecule has 39 heavy (non-hydrogen) atoms. The standard InChI is InChI=1S/C33H33FN4O/c1-19-18-33(2,3)37(4)27-14-11-21(15-24(19)27)31-30-26(36-32-35-25-7-5-6-8-28(25)38(31)32)16-22(17-29(30)39)20-9-12-23(34)13-10-20/h5-15,19,22,31H,16-18H2,1-4H3,(H,35,36)/t19-,22-,31-/m1/s1. The number of Topliss-reactive ketones (excluding diaryl/α,β-unsaturated/α-hetero) is 1. The Morgan fingerprint density at radius 1 is 1.00 bits per heavy atom. The van der Waals surface area contributed by atoms with E-state index in [2.05, 4.69) is 66.9 Å². The fourth-order valence-electron chi connectivity index (χ4n) is 7.08. The lowest BCUT2D eigenvalue weighted by atomic mass is 9.76. The van der Waals surface area contributed by atoms with Gasteiger partial charge in [0, 0.05) is 36.0 Å². The fourth-order valence-corrected chi connectivity index (χ4v) is 7.08. The highest BCUT2D eigenvalue weighted by Gasteiger charge is 2.41. The lowest BCUT2D eigenvalue weighted by molar-refractivity contribution is -0.116. The predicted octanol–water partition coefficient (Wildman–Crippen LogP) is 7.31. The van der Waals surface area contributed by atoms with Crippen molar-refractivity contribution in [3.05, 3.63) is 101 Å². The van der Waals surface area contributed by atoms with Crippen molar-refractivity contribution in [3.63, 3.8) is 0 Å². The molecular formula is C33H33FN4O. The van der Waals surface area contributed by atoms with Gasteiger partial charge in [-0.2, -0.15) is 0 Å². The Hall–Kier alpha value is -3.93. The average Bonchev–Trinajstić information content (AvgIpc) is 3.28. The number of para-hydroxylation sites is 2. The molecule has 0 amide bonds. The number of benzene rings is 3. The number of allylic oxidation sites excluding steroid dienone is 2. The van der Waals surface area contributed by atoms with Crippen LogP contribution in [0.5, 0.6) is 0 Å². The van der Waals surface area contributed by atoms with Crippen LogP contribution in [0.4, 0.5) is 16.0 Å². The highest BCUT2D eigenvalue weighted by atomic mass is 19.1. The molecule has 198 valence electrons. The Morgan fingerprint density at radius 2 is 1.74 bits per heavy atom. The van der Waals surface area contributed by atoms with Gasteiger partial charge in [-0.05, 0) is 85.5 Å². The number of ketones is 1. The minimum atomic E-state index is -0.263. The number of halogens is 1. The number of hydrogen-bond acceptors (Lipinski definition) is 4. The maximum atomic E-state index is 14.0. The summed E-state index contributed by atoms with van der Waals surface area (Å²) < 4.78 is 15.8. The lowest BCUT2D eigenvalue weighted by Gasteiger charge is -2.46. The Bertz CT molecular complexity index is 1670. The van der Waals surface area contributed by atoms with E-state index in [1.54, 1.807) is 12.1 Å². The van der Waals surface area contributed by atoms with Gasteiger partial charge in [-0.25, -0.2) is 9.37 Å². The molecule has 5 nitrogen and oxygen atoms in total. The van der Waals surface area contributed by atoms with Gasteiger partial charge in [-0.1, -0.05) is 43.3 Å². The normalized spacial score (nSPS) is 23.8. The van der Waals surface area contributed by atoms with Crippen LogP contribution in [0.15, 0.2) is 78.0 Å². The molecule has 1 aliphatic carbocycles. The zero-order valence-corrected chi connectivity index (χ0v) is 22.8. The zero-order valence-electron chi connectivity index (χ0n) is 22.8. The van der Waals surface area contributed by atoms with E-state index < -0.39 is 0 Å². The van der Waals surface area contributed by atoms with Crippen molar-refractivity contribution >= 4 is 28.5 Å². The third-order valence-corrected chi connectivity index (χ3v) is 9.21. The second-order valence-electron chi connectivity index (χ2n) is 12.1. The van der Waals surface area contributed by atoms with Crippen LogP contribution in [0.25, 0.3) is 11.0 Å². The number of nitrogens with zero attached hydrogens (tertiary/aromatic N) is 3. The van der Waals surface area contributed by atoms with E-state index in [1.165, 1.54) is 23.4 Å². The summed E-state index contributed by atoms with van der Waals surface area (Å²) >= 11 is 0. The van der Waals surface area contributed by atoms with Crippen LogP contribution < -0.4 is 10.2 Å². The molecule has 0 bridgehead atoms. The molecule has 7 rings (SSSR count). The van der Waals surface area contributed by atoms with Gasteiger partial charge in [0.05, 0.1) is 17.1 Å². The van der Waals surface area contributed by atoms with Crippen LogP contribution in [0.1, 0.15) is 74.6 Å². The summed E-state index contributed by atoms with van der Waals surface area (Å²) in [6.45, 7) is 6.90. The maximum Gasteiger partial charge on any atom is 0.209 e. The quantitative estimate of drug-likeness (QED) is 0.301. The van der Waals surface area contributed by atoms with Crippen molar-refractivity contribution < 1.29 is 9.18 Å². The van der Waals surface area contributed by atoms with E-state index in [0.29, 0.717) is 18.8 Å². The van der Waals surface area contributed by atoms with Crippen LogP contribution in [0.3, 0.4) is 0 Å². The van der Waals surface area contributed by atoms with E-state index in [1.807, 2.05) is 18.2 Å². The highest BCUT2D eigenvalue weighted by Crippen LogP contribution is 2.48. The van der Waals surface area contributed by atoms with Gasteiger partial charge in [0.1, 0.15) is 5.82 Å². The van der Waals surface area contributed by atoms with Crippen molar-refractivity contribution in [2.45, 2.75) is 63.5 Å². The Morgan fingerprint density at radius 3 is 2.54 bits per heavy atom. The number of hydrogen-bond donors (Lipinski definition) is 1. The number of nitrogens with one attached hydrogen (secondary N) is 1. The molecule has 3 heterocycles. The molecule has 0 spiro atoms. The van der Waals surface area contributed by atoms with Crippen molar-refractivity contribution in [1.82, 2.24) is 9.55 Å². The number of rotatable bonds is 2. The summed E-state index contributed by atoms with van der Waals surface area (Å²) in [6.07, 6.45) is 2.16. The van der Waals surface area contributed by atoms with Crippen molar-refractivity contribution in [2.24, 2.45) is 0 Å². The SMILES string of the molecule is C[C@@H]1CC(C)(C)N(C)c2ccc([C@@H]3C4=C(C[C@@H](c5ccc(F)cc5)CC4=O)Nc4nc5ccccc5n43)cc21. The number of imidazole rings is 1. The van der Waals surface area contributed by atoms with Crippen LogP contribution in [-0.4, -0.2) is 27.9 Å². The van der Waals surface area contributed by atoms with Gasteiger partial charge < -0.3 is 10.2 Å². The molecule has 0 saturated heterocycles. The van der Waals surface area contributed by atoms with E-state index in [9.17, 15) is 9.18 Å². The van der Waals surface area contributed by atoms with E-state index >= 15 is 0 Å². The Kier molecular flexibility index (Phi) is 5.28. The third-order valence-electron chi connectivity index (χ3n) is 9.21. The van der Waals surface area contributed by atoms with E-state index in [-0.39, 0.29) is 29.1 Å². The second-order valence-corrected chi connectivity index (χ2v) is 12.1. The summed E-state index contributed by atoms with van der Waals surface area (Å²) in [6, 6.07) is 21.2. The highest BCUT2D eigenvalue weighted by molar-refractivity contribution is 6.01. The molecule has 0 unspecified atom stereocenters. The van der Waals surface area contributed by atoms with Gasteiger partial charge in [0.15, 0.2) is 5.78 Å². The number of anilines is 2. The van der Waals surface area contributed by atoms with Crippen LogP contribution >= 0.6 is 0 Å². The monoisotopic (exact) mass is 520 g/mol. The summed E-state index contributed by atoms with van der Waals surface area (Å²) in [5.74, 6) is 1.04. The van der Waals surface area contributed by atoms with Gasteiger partial charge in [-0.3, -0.25) is 9.36 Å². The maximum absolute atomic E-state index is 14.0. The van der Waals surface area contributed by atoms with E-state index in [0.717, 1.165) is 45.8 Å². The zero-order chi connectivity index (χ0) is 27.1. The minimum absolute atomic E-state index is 0.000338. The van der Waals surface area contributed by atoms with Crippen LogP contribution in [-0.2, 0) is 4.79 Å². The molecule has 3 aliphatic rings. The topological polar surface area (TPSA) is 50.2 Å². The number of aromatic nitrogens is 2. The third kappa shape index (κ3) is 3.72. The van der Waals surface area contributed by atoms with Crippen molar-refractivity contribution in [3.8, 4) is 0 Å². The fraction of sp³-hybridized carbons (Fsp3) is 0.333. The van der Waals surface area contributed by atoms with E-state index in [4.69, 9.17) is 4.98 Å². The first-order valence-corrected chi connectivity index (χ1v) is 13.8. The lowest BCUT2D eigenvalue weighted by Crippen LogP contribution is -2.45. The molecule has 6 heteroatoms. The predicted molar refractivity (Wildman–Crippen MR) is 154 cm³/mol. The van der Waals surface area contributed by atoms with Gasteiger partial charge in [0.25, 0.3) is 0 Å². The van der Waals surface area contributed by atoms with Crippen molar-refractivity contribution in [2.75, 3.05) is 17.3 Å². The average molecular weight is 521 g/mol. The van der Waals surface area contributed by atoms with Crippen molar-refractivity contribution in [1.29, 1.82) is 0 Å². The molecule has 4 aromatic rings. The second kappa shape index (κ2) is 8.54. The van der Waals surface area contributed by atoms with Crippen LogP contribution in [0, 0.1) is 5.82 Å². The molecule has 1 N–H and O–H groups in total. The molecule has 3 aromatic carbocycles. The molecular weight excluding hydrogens is 487 g/mol. The summed E-state index contributed by atoms with van der Waals surface area (Å²) in [4.78, 5) is 21.3. The molecule has 3 atom stereocenters. The minimum Gasteiger partial charge on any atom is -0.369 e. The largest absolute Gasteiger partial charge is 0.369 e. The van der Waals surface area contributed by atoms with Gasteiger partial charge in [-0.15, -0.1) is 0 Å².